The molecule has 0 saturated carbocycles. The number of hydrogen-bond donors (Lipinski definition) is 5. The third kappa shape index (κ3) is 14.5. The summed E-state index contributed by atoms with van der Waals surface area (Å²) in [6.45, 7) is 21.0. The summed E-state index contributed by atoms with van der Waals surface area (Å²) in [7, 11) is 1.95. The number of amides is 1. The van der Waals surface area contributed by atoms with Gasteiger partial charge < -0.3 is 30.8 Å². The molecule has 50 heavy (non-hydrogen) atoms. The van der Waals surface area contributed by atoms with Gasteiger partial charge in [0.05, 0.1) is 12.1 Å². The standard InChI is InChI=1S/C23H33N5O3S.C8H11N.C5H11N.C2H4O/c1-7-10-13(4)12-16(9-3)20(23(30)31)28-14(5)19(17(28)11-8-2)26-22(29)18(24)21-25-15(6)32-27-21;1-9-7-8-5-3-2-4-6-8;1-5-2-3-6-4-5;1-2-3/h12,17,19,24H,5,7-11H2,1-4,6H3,(H,26,29)(H,30,31);2-6,9H,7H2,1H3;5-6H,2-4H2,1H3;2H,1H3/b13-12-,20-16+,24-18?;;;. The molecule has 2 fully saturated rings. The maximum Gasteiger partial charge on any atom is 0.352 e. The number of aldehydes is 1. The van der Waals surface area contributed by atoms with Gasteiger partial charge in [0.1, 0.15) is 17.0 Å². The van der Waals surface area contributed by atoms with Crippen molar-refractivity contribution < 1.29 is 19.5 Å². The van der Waals surface area contributed by atoms with Crippen LogP contribution in [0.15, 0.2) is 65.5 Å². The molecule has 5 N–H and O–H groups in total. The van der Waals surface area contributed by atoms with Gasteiger partial charge in [-0.3, -0.25) is 10.2 Å². The van der Waals surface area contributed by atoms with Gasteiger partial charge in [0.2, 0.25) is 0 Å². The van der Waals surface area contributed by atoms with Gasteiger partial charge in [-0.15, -0.1) is 0 Å². The maximum absolute atomic E-state index is 12.7. The van der Waals surface area contributed by atoms with Crippen molar-refractivity contribution in [2.45, 2.75) is 106 Å². The van der Waals surface area contributed by atoms with E-state index in [2.05, 4.69) is 57.9 Å². The van der Waals surface area contributed by atoms with E-state index in [1.54, 1.807) is 11.8 Å². The Morgan fingerprint density at radius 2 is 1.86 bits per heavy atom. The number of likely N-dealkylation sites (tertiary alicyclic amines) is 1. The molecule has 0 radical (unpaired) electrons. The monoisotopic (exact) mass is 709 g/mol. The molecule has 2 saturated heterocycles. The van der Waals surface area contributed by atoms with E-state index in [0.717, 1.165) is 60.7 Å². The lowest BCUT2D eigenvalue weighted by atomic mass is 9.86. The summed E-state index contributed by atoms with van der Waals surface area (Å²) in [6, 6.07) is 9.64. The molecule has 0 aliphatic carbocycles. The van der Waals surface area contributed by atoms with Gasteiger partial charge in [-0.1, -0.05) is 89.1 Å². The number of carbonyl (C=O) groups is 3. The normalized spacial score (nSPS) is 18.5. The summed E-state index contributed by atoms with van der Waals surface area (Å²) in [5.74, 6) is -0.575. The van der Waals surface area contributed by atoms with Crippen LogP contribution in [-0.2, 0) is 20.9 Å². The highest BCUT2D eigenvalue weighted by Crippen LogP contribution is 2.38. The average Bonchev–Trinajstić information content (AvgIpc) is 3.76. The van der Waals surface area contributed by atoms with E-state index >= 15 is 0 Å². The molecule has 2 aliphatic heterocycles. The number of carbonyl (C=O) groups excluding carboxylic acids is 2. The number of rotatable bonds is 13. The lowest BCUT2D eigenvalue weighted by Gasteiger charge is -2.52. The van der Waals surface area contributed by atoms with Crippen LogP contribution in [0.25, 0.3) is 0 Å². The van der Waals surface area contributed by atoms with Crippen LogP contribution in [0.1, 0.15) is 96.5 Å². The fourth-order valence-corrected chi connectivity index (χ4v) is 6.02. The Morgan fingerprint density at radius 3 is 2.30 bits per heavy atom. The fourth-order valence-electron chi connectivity index (χ4n) is 5.54. The van der Waals surface area contributed by atoms with E-state index in [1.165, 1.54) is 32.0 Å². The van der Waals surface area contributed by atoms with Gasteiger partial charge >= 0.3 is 5.97 Å². The van der Waals surface area contributed by atoms with E-state index < -0.39 is 17.9 Å². The van der Waals surface area contributed by atoms with Crippen LogP contribution in [0.5, 0.6) is 0 Å². The summed E-state index contributed by atoms with van der Waals surface area (Å²) >= 11 is 1.13. The zero-order valence-corrected chi connectivity index (χ0v) is 32.1. The van der Waals surface area contributed by atoms with Crippen molar-refractivity contribution in [3.8, 4) is 0 Å². The number of carboxylic acids is 1. The molecule has 0 bridgehead atoms. The first-order valence-electron chi connectivity index (χ1n) is 17.5. The first-order valence-corrected chi connectivity index (χ1v) is 18.3. The molecule has 3 unspecified atom stereocenters. The lowest BCUT2D eigenvalue weighted by Crippen LogP contribution is -2.65. The molecule has 1 amide bonds. The van der Waals surface area contributed by atoms with E-state index in [1.807, 2.05) is 52.1 Å². The van der Waals surface area contributed by atoms with Gasteiger partial charge in [-0.05, 0) is 95.2 Å². The quantitative estimate of drug-likeness (QED) is 0.0685. The molecule has 0 spiro atoms. The number of nitrogens with one attached hydrogen (secondary N) is 4. The zero-order valence-electron chi connectivity index (χ0n) is 31.3. The predicted molar refractivity (Wildman–Crippen MR) is 204 cm³/mol. The van der Waals surface area contributed by atoms with Crippen molar-refractivity contribution in [2.24, 2.45) is 5.92 Å². The minimum absolute atomic E-state index is 0.0924. The van der Waals surface area contributed by atoms with Crippen molar-refractivity contribution in [2.75, 3.05) is 20.1 Å². The van der Waals surface area contributed by atoms with Crippen LogP contribution >= 0.6 is 11.5 Å². The number of allylic oxidation sites excluding steroid dienone is 3. The van der Waals surface area contributed by atoms with Crippen molar-refractivity contribution >= 4 is 35.4 Å². The molecule has 3 heterocycles. The zero-order chi connectivity index (χ0) is 37.6. The Bertz CT molecular complexity index is 1430. The highest BCUT2D eigenvalue weighted by Gasteiger charge is 2.46. The minimum atomic E-state index is -1.01. The maximum atomic E-state index is 12.7. The number of benzene rings is 1. The molecular formula is C38H59N7O4S. The number of aliphatic carboxylic acids is 1. The molecular weight excluding hydrogens is 651 g/mol. The van der Waals surface area contributed by atoms with Gasteiger partial charge in [-0.2, -0.15) is 4.37 Å². The number of aromatic nitrogens is 2. The van der Waals surface area contributed by atoms with Gasteiger partial charge in [0.15, 0.2) is 11.5 Å². The molecule has 3 atom stereocenters. The first kappa shape index (κ1) is 44.0. The van der Waals surface area contributed by atoms with E-state index in [4.69, 9.17) is 10.2 Å². The number of carboxylic acid groups (broad SMARTS) is 1. The van der Waals surface area contributed by atoms with E-state index in [-0.39, 0.29) is 23.3 Å². The van der Waals surface area contributed by atoms with Crippen LogP contribution < -0.4 is 16.0 Å². The highest BCUT2D eigenvalue weighted by atomic mass is 32.1. The van der Waals surface area contributed by atoms with Gasteiger partial charge in [0, 0.05) is 12.2 Å². The number of hydrogen-bond acceptors (Lipinski definition) is 10. The Kier molecular flexibility index (Phi) is 21.3. The molecule has 2 aliphatic rings. The van der Waals surface area contributed by atoms with Crippen LogP contribution in [-0.4, -0.2) is 75.5 Å². The summed E-state index contributed by atoms with van der Waals surface area (Å²) in [6.07, 6.45) is 8.04. The van der Waals surface area contributed by atoms with Crippen LogP contribution in [0.4, 0.5) is 0 Å². The van der Waals surface area contributed by atoms with Gasteiger partial charge in [-0.25, -0.2) is 9.78 Å². The second-order valence-corrected chi connectivity index (χ2v) is 13.3. The van der Waals surface area contributed by atoms with Gasteiger partial charge in [0.25, 0.3) is 5.91 Å². The molecule has 276 valence electrons. The molecule has 4 rings (SSSR count). The smallest absolute Gasteiger partial charge is 0.352 e. The van der Waals surface area contributed by atoms with Crippen LogP contribution in [0.3, 0.4) is 0 Å². The highest BCUT2D eigenvalue weighted by molar-refractivity contribution is 7.05. The SMILES string of the molecule is C=C1C(NC(=O)C(=N)c2nsc(C)n2)C(CCC)N1/C(C(=O)O)=C(/C=C(/C)CCC)CC.CC1CCNC1.CC=O.CNCc1ccccc1. The van der Waals surface area contributed by atoms with Crippen LogP contribution in [0.2, 0.25) is 0 Å². The minimum Gasteiger partial charge on any atom is -0.477 e. The van der Waals surface area contributed by atoms with Crippen molar-refractivity contribution in [1.29, 1.82) is 5.41 Å². The second kappa shape index (κ2) is 24.2. The fraction of sp³-hybridized carbons (Fsp3) is 0.526. The third-order valence-corrected chi connectivity index (χ3v) is 8.58. The molecule has 11 nitrogen and oxygen atoms in total. The van der Waals surface area contributed by atoms with Crippen molar-refractivity contribution in [3.63, 3.8) is 0 Å². The second-order valence-electron chi connectivity index (χ2n) is 12.3. The summed E-state index contributed by atoms with van der Waals surface area (Å²) in [5, 5.41) is 28.0. The summed E-state index contributed by atoms with van der Waals surface area (Å²) in [4.78, 5) is 39.6. The van der Waals surface area contributed by atoms with Crippen molar-refractivity contribution in [3.05, 3.63) is 81.9 Å². The Morgan fingerprint density at radius 1 is 1.20 bits per heavy atom. The van der Waals surface area contributed by atoms with Crippen LogP contribution in [0, 0.1) is 18.3 Å². The van der Waals surface area contributed by atoms with E-state index in [9.17, 15) is 14.7 Å². The third-order valence-electron chi connectivity index (χ3n) is 7.96. The number of nitrogens with zero attached hydrogens (tertiary/aromatic N) is 3. The number of aryl methyl sites for hydroxylation is 1. The Balaban J connectivity index is 0.000000558. The largest absolute Gasteiger partial charge is 0.477 e. The topological polar surface area (TPSA) is 160 Å². The average molecular weight is 710 g/mol. The summed E-state index contributed by atoms with van der Waals surface area (Å²) in [5.41, 5.74) is 3.62. The van der Waals surface area contributed by atoms with E-state index in [0.29, 0.717) is 23.5 Å². The van der Waals surface area contributed by atoms with Crippen molar-refractivity contribution in [1.82, 2.24) is 30.2 Å². The Labute approximate surface area is 303 Å². The lowest BCUT2D eigenvalue weighted by molar-refractivity contribution is -0.135. The Hall–Kier alpha value is -4.00. The molecule has 12 heteroatoms. The molecule has 1 aromatic carbocycles. The molecule has 2 aromatic rings. The molecule has 1 aromatic heterocycles. The summed E-state index contributed by atoms with van der Waals surface area (Å²) < 4.78 is 4.03. The predicted octanol–water partition coefficient (Wildman–Crippen LogP) is 6.42. The first-order chi connectivity index (χ1) is 23.9.